The Balaban J connectivity index is 1.90. The van der Waals surface area contributed by atoms with Crippen molar-refractivity contribution in [2.24, 2.45) is 5.92 Å². The summed E-state index contributed by atoms with van der Waals surface area (Å²) in [7, 11) is 0. The van der Waals surface area contributed by atoms with Gasteiger partial charge in [-0.05, 0) is 38.8 Å². The third-order valence-electron chi connectivity index (χ3n) is 3.86. The van der Waals surface area contributed by atoms with Crippen LogP contribution in [0.3, 0.4) is 0 Å². The molecule has 4 nitrogen and oxygen atoms in total. The fourth-order valence-corrected chi connectivity index (χ4v) is 3.38. The largest absolute Gasteiger partial charge is 0.387 e. The minimum absolute atomic E-state index is 0.0499. The normalized spacial score (nSPS) is 26.5. The van der Waals surface area contributed by atoms with Crippen LogP contribution in [0.4, 0.5) is 0 Å². The van der Waals surface area contributed by atoms with Crippen LogP contribution >= 0.6 is 23.2 Å². The van der Waals surface area contributed by atoms with E-state index < -0.39 is 6.10 Å². The summed E-state index contributed by atoms with van der Waals surface area (Å²) in [6, 6.07) is 4.90. The van der Waals surface area contributed by atoms with E-state index in [1.54, 1.807) is 18.2 Å². The van der Waals surface area contributed by atoms with Crippen molar-refractivity contribution in [1.82, 2.24) is 5.32 Å². The van der Waals surface area contributed by atoms with Gasteiger partial charge in [0.25, 0.3) is 0 Å². The second kappa shape index (κ2) is 7.64. The van der Waals surface area contributed by atoms with E-state index in [1.807, 2.05) is 13.8 Å². The SMILES string of the molecule is CC1CC(C(=O)NCC(O)c2ccc(Cl)cc2Cl)CC(C)O1. The molecule has 0 aliphatic carbocycles. The first-order chi connectivity index (χ1) is 10.4. The molecule has 1 aliphatic heterocycles. The first-order valence-electron chi connectivity index (χ1n) is 7.43. The Morgan fingerprint density at radius 1 is 1.36 bits per heavy atom. The van der Waals surface area contributed by atoms with Crippen LogP contribution in [0.1, 0.15) is 38.4 Å². The first kappa shape index (κ1) is 17.5. The molecule has 3 unspecified atom stereocenters. The summed E-state index contributed by atoms with van der Waals surface area (Å²) in [4.78, 5) is 12.2. The molecule has 6 heteroatoms. The third-order valence-corrected chi connectivity index (χ3v) is 4.42. The zero-order chi connectivity index (χ0) is 16.3. The lowest BCUT2D eigenvalue weighted by Crippen LogP contribution is -2.40. The molecule has 1 fully saturated rings. The Bertz CT molecular complexity index is 528. The maximum absolute atomic E-state index is 12.2. The summed E-state index contributed by atoms with van der Waals surface area (Å²) in [5.41, 5.74) is 0.556. The summed E-state index contributed by atoms with van der Waals surface area (Å²) in [6.07, 6.45) is 0.704. The van der Waals surface area contributed by atoms with E-state index in [-0.39, 0.29) is 30.6 Å². The molecule has 0 radical (unpaired) electrons. The molecule has 1 aromatic rings. The molecule has 122 valence electrons. The smallest absolute Gasteiger partial charge is 0.223 e. The second-order valence-corrected chi connectivity index (χ2v) is 6.70. The van der Waals surface area contributed by atoms with Gasteiger partial charge in [0.05, 0.1) is 18.3 Å². The molecule has 1 amide bonds. The van der Waals surface area contributed by atoms with Gasteiger partial charge in [0, 0.05) is 28.1 Å². The molecule has 3 atom stereocenters. The number of benzene rings is 1. The van der Waals surface area contributed by atoms with Crippen molar-refractivity contribution >= 4 is 29.1 Å². The molecule has 0 saturated carbocycles. The van der Waals surface area contributed by atoms with Gasteiger partial charge in [0.1, 0.15) is 0 Å². The zero-order valence-corrected chi connectivity index (χ0v) is 14.2. The molecule has 0 bridgehead atoms. The average molecular weight is 346 g/mol. The van der Waals surface area contributed by atoms with Gasteiger partial charge < -0.3 is 15.2 Å². The van der Waals surface area contributed by atoms with Crippen LogP contribution in [0.25, 0.3) is 0 Å². The van der Waals surface area contributed by atoms with Crippen LogP contribution in [0.15, 0.2) is 18.2 Å². The van der Waals surface area contributed by atoms with Crippen molar-refractivity contribution in [3.63, 3.8) is 0 Å². The summed E-state index contributed by atoms with van der Waals surface area (Å²) in [6.45, 7) is 4.07. The molecule has 0 aromatic heterocycles. The summed E-state index contributed by atoms with van der Waals surface area (Å²) in [5.74, 6) is -0.127. The van der Waals surface area contributed by atoms with Crippen LogP contribution in [-0.4, -0.2) is 29.8 Å². The number of aliphatic hydroxyl groups is 1. The predicted octanol–water partition coefficient (Wildman–Crippen LogP) is 3.35. The van der Waals surface area contributed by atoms with E-state index in [4.69, 9.17) is 27.9 Å². The third kappa shape index (κ3) is 4.59. The van der Waals surface area contributed by atoms with Gasteiger partial charge in [-0.2, -0.15) is 0 Å². The van der Waals surface area contributed by atoms with E-state index in [0.29, 0.717) is 28.5 Å². The highest BCUT2D eigenvalue weighted by molar-refractivity contribution is 6.35. The molecule has 1 aliphatic rings. The van der Waals surface area contributed by atoms with Gasteiger partial charge in [-0.25, -0.2) is 0 Å². The van der Waals surface area contributed by atoms with Gasteiger partial charge in [-0.1, -0.05) is 29.3 Å². The van der Waals surface area contributed by atoms with E-state index in [0.717, 1.165) is 0 Å². The lowest BCUT2D eigenvalue weighted by atomic mass is 9.92. The fourth-order valence-electron chi connectivity index (χ4n) is 2.84. The minimum Gasteiger partial charge on any atom is -0.387 e. The van der Waals surface area contributed by atoms with Gasteiger partial charge in [-0.15, -0.1) is 0 Å². The quantitative estimate of drug-likeness (QED) is 0.879. The minimum atomic E-state index is -0.858. The number of amides is 1. The van der Waals surface area contributed by atoms with Crippen molar-refractivity contribution in [2.75, 3.05) is 6.54 Å². The van der Waals surface area contributed by atoms with Crippen LogP contribution in [-0.2, 0) is 9.53 Å². The standard InChI is InChI=1S/C16H21Cl2NO3/c1-9-5-11(6-10(2)22-9)16(21)19-8-15(20)13-4-3-12(17)7-14(13)18/h3-4,7,9-11,15,20H,5-6,8H2,1-2H3,(H,19,21). The van der Waals surface area contributed by atoms with E-state index in [2.05, 4.69) is 5.32 Å². The molecule has 2 rings (SSSR count). The zero-order valence-electron chi connectivity index (χ0n) is 12.7. The number of rotatable bonds is 4. The Morgan fingerprint density at radius 2 is 2.00 bits per heavy atom. The molecule has 2 N–H and O–H groups in total. The molecule has 1 saturated heterocycles. The fraction of sp³-hybridized carbons (Fsp3) is 0.562. The van der Waals surface area contributed by atoms with Crippen LogP contribution < -0.4 is 5.32 Å². The van der Waals surface area contributed by atoms with E-state index >= 15 is 0 Å². The first-order valence-corrected chi connectivity index (χ1v) is 8.18. The molecule has 1 aromatic carbocycles. The number of carbonyl (C=O) groups is 1. The number of halogens is 2. The Morgan fingerprint density at radius 3 is 2.59 bits per heavy atom. The monoisotopic (exact) mass is 345 g/mol. The summed E-state index contributed by atoms with van der Waals surface area (Å²) >= 11 is 11.9. The van der Waals surface area contributed by atoms with Gasteiger partial charge >= 0.3 is 0 Å². The lowest BCUT2D eigenvalue weighted by Gasteiger charge is -2.31. The number of hydrogen-bond acceptors (Lipinski definition) is 3. The number of ether oxygens (including phenoxy) is 1. The van der Waals surface area contributed by atoms with Crippen molar-refractivity contribution in [2.45, 2.75) is 45.0 Å². The Kier molecular flexibility index (Phi) is 6.09. The lowest BCUT2D eigenvalue weighted by molar-refractivity contribution is -0.133. The Labute approximate surface area is 140 Å². The van der Waals surface area contributed by atoms with E-state index in [9.17, 15) is 9.90 Å². The molecular weight excluding hydrogens is 325 g/mol. The summed E-state index contributed by atoms with van der Waals surface area (Å²) in [5, 5.41) is 13.9. The highest BCUT2D eigenvalue weighted by Gasteiger charge is 2.29. The number of nitrogens with one attached hydrogen (secondary N) is 1. The van der Waals surface area contributed by atoms with Crippen LogP contribution in [0, 0.1) is 5.92 Å². The number of carbonyl (C=O) groups excluding carboxylic acids is 1. The average Bonchev–Trinajstić information content (AvgIpc) is 2.43. The molecule has 1 heterocycles. The van der Waals surface area contributed by atoms with Crippen molar-refractivity contribution in [3.05, 3.63) is 33.8 Å². The molecular formula is C16H21Cl2NO3. The predicted molar refractivity (Wildman–Crippen MR) is 87.2 cm³/mol. The van der Waals surface area contributed by atoms with Crippen molar-refractivity contribution in [3.8, 4) is 0 Å². The van der Waals surface area contributed by atoms with Gasteiger partial charge in [-0.3, -0.25) is 4.79 Å². The van der Waals surface area contributed by atoms with E-state index in [1.165, 1.54) is 0 Å². The maximum Gasteiger partial charge on any atom is 0.223 e. The van der Waals surface area contributed by atoms with Crippen LogP contribution in [0.5, 0.6) is 0 Å². The van der Waals surface area contributed by atoms with Crippen LogP contribution in [0.2, 0.25) is 10.0 Å². The van der Waals surface area contributed by atoms with Gasteiger partial charge in [0.15, 0.2) is 0 Å². The van der Waals surface area contributed by atoms with Crippen molar-refractivity contribution in [1.29, 1.82) is 0 Å². The molecule has 0 spiro atoms. The Hall–Kier alpha value is -0.810. The van der Waals surface area contributed by atoms with Crippen molar-refractivity contribution < 1.29 is 14.6 Å². The topological polar surface area (TPSA) is 58.6 Å². The van der Waals surface area contributed by atoms with Gasteiger partial charge in [0.2, 0.25) is 5.91 Å². The number of aliphatic hydroxyl groups excluding tert-OH is 1. The second-order valence-electron chi connectivity index (χ2n) is 5.85. The summed E-state index contributed by atoms with van der Waals surface area (Å²) < 4.78 is 5.63. The molecule has 22 heavy (non-hydrogen) atoms. The number of hydrogen-bond donors (Lipinski definition) is 2. The maximum atomic E-state index is 12.2. The highest BCUT2D eigenvalue weighted by atomic mass is 35.5. The highest BCUT2D eigenvalue weighted by Crippen LogP contribution is 2.27.